The molecule has 7 nitrogen and oxygen atoms in total. The standard InChI is InChI=1S/C21H18N2O5/c24-19(13-23-20(25)16-5-1-2-6-17(16)21(23)26)28-15-10-8-14(9-11-15)27-18-7-3-4-12-22-18/h1-4,7-12,16-17H,5-6,13H2/t16-,17-/m1/s1. The summed E-state index contributed by atoms with van der Waals surface area (Å²) in [7, 11) is 0. The van der Waals surface area contributed by atoms with E-state index in [1.807, 2.05) is 18.2 Å². The van der Waals surface area contributed by atoms with Crippen LogP contribution < -0.4 is 9.47 Å². The molecule has 0 spiro atoms. The highest BCUT2D eigenvalue weighted by Crippen LogP contribution is 2.35. The SMILES string of the molecule is O=C(CN1C(=O)[C@@H]2CC=CC[C@H]2C1=O)Oc1ccc(Oc2ccccn2)cc1. The molecular weight excluding hydrogens is 360 g/mol. The molecule has 4 rings (SSSR count). The molecule has 28 heavy (non-hydrogen) atoms. The number of imide groups is 1. The fraction of sp³-hybridized carbons (Fsp3) is 0.238. The first-order valence-electron chi connectivity index (χ1n) is 9.01. The van der Waals surface area contributed by atoms with E-state index in [4.69, 9.17) is 9.47 Å². The topological polar surface area (TPSA) is 85.8 Å². The van der Waals surface area contributed by atoms with E-state index in [1.165, 1.54) is 0 Å². The molecular formula is C21H18N2O5. The zero-order valence-corrected chi connectivity index (χ0v) is 15.0. The van der Waals surface area contributed by atoms with Gasteiger partial charge in [-0.05, 0) is 43.2 Å². The van der Waals surface area contributed by atoms with Gasteiger partial charge in [0.2, 0.25) is 17.7 Å². The molecule has 0 radical (unpaired) electrons. The lowest BCUT2D eigenvalue weighted by molar-refractivity contribution is -0.148. The van der Waals surface area contributed by atoms with Crippen molar-refractivity contribution in [1.82, 2.24) is 9.88 Å². The molecule has 1 aliphatic heterocycles. The van der Waals surface area contributed by atoms with Crippen LogP contribution in [0.1, 0.15) is 12.8 Å². The molecule has 0 unspecified atom stereocenters. The summed E-state index contributed by atoms with van der Waals surface area (Å²) in [5.41, 5.74) is 0. The Hall–Kier alpha value is -3.48. The van der Waals surface area contributed by atoms with Gasteiger partial charge in [-0.25, -0.2) is 9.78 Å². The van der Waals surface area contributed by atoms with E-state index in [-0.39, 0.29) is 30.2 Å². The number of nitrogens with zero attached hydrogens (tertiary/aromatic N) is 2. The molecule has 2 amide bonds. The van der Waals surface area contributed by atoms with E-state index in [9.17, 15) is 14.4 Å². The minimum atomic E-state index is -0.660. The fourth-order valence-electron chi connectivity index (χ4n) is 3.42. The second-order valence-corrected chi connectivity index (χ2v) is 6.63. The molecule has 2 heterocycles. The third kappa shape index (κ3) is 3.64. The van der Waals surface area contributed by atoms with Crippen LogP contribution in [-0.2, 0) is 14.4 Å². The van der Waals surface area contributed by atoms with Gasteiger partial charge < -0.3 is 9.47 Å². The normalized spacial score (nSPS) is 20.8. The highest BCUT2D eigenvalue weighted by molar-refractivity contribution is 6.07. The molecule has 2 atom stereocenters. The van der Waals surface area contributed by atoms with Crippen LogP contribution in [0.2, 0.25) is 0 Å². The van der Waals surface area contributed by atoms with Crippen LogP contribution in [0.5, 0.6) is 17.4 Å². The quantitative estimate of drug-likeness (QED) is 0.344. The number of fused-ring (bicyclic) bond motifs is 1. The maximum Gasteiger partial charge on any atom is 0.331 e. The van der Waals surface area contributed by atoms with E-state index in [1.54, 1.807) is 42.6 Å². The number of hydrogen-bond acceptors (Lipinski definition) is 6. The number of allylic oxidation sites excluding steroid dienone is 2. The number of esters is 1. The molecule has 0 N–H and O–H groups in total. The van der Waals surface area contributed by atoms with Crippen molar-refractivity contribution in [2.75, 3.05) is 6.54 Å². The summed E-state index contributed by atoms with van der Waals surface area (Å²) in [4.78, 5) is 42.1. The lowest BCUT2D eigenvalue weighted by Crippen LogP contribution is -2.37. The second kappa shape index (κ2) is 7.64. The van der Waals surface area contributed by atoms with Gasteiger partial charge in [0.15, 0.2) is 0 Å². The van der Waals surface area contributed by atoms with Gasteiger partial charge in [-0.2, -0.15) is 0 Å². The van der Waals surface area contributed by atoms with Crippen LogP contribution in [-0.4, -0.2) is 34.2 Å². The van der Waals surface area contributed by atoms with E-state index in [0.717, 1.165) is 4.90 Å². The van der Waals surface area contributed by atoms with Gasteiger partial charge in [0.05, 0.1) is 11.8 Å². The minimum absolute atomic E-state index is 0.296. The predicted molar refractivity (Wildman–Crippen MR) is 98.5 cm³/mol. The van der Waals surface area contributed by atoms with Crippen LogP contribution in [0.15, 0.2) is 60.8 Å². The summed E-state index contributed by atoms with van der Waals surface area (Å²) in [5, 5.41) is 0. The first-order valence-corrected chi connectivity index (χ1v) is 9.01. The van der Waals surface area contributed by atoms with Crippen molar-refractivity contribution in [2.24, 2.45) is 11.8 Å². The molecule has 2 aliphatic rings. The Kier molecular flexibility index (Phi) is 4.89. The number of pyridine rings is 1. The van der Waals surface area contributed by atoms with Gasteiger partial charge in [0.1, 0.15) is 18.0 Å². The van der Waals surface area contributed by atoms with Crippen LogP contribution >= 0.6 is 0 Å². The summed E-state index contributed by atoms with van der Waals surface area (Å²) in [6.45, 7) is -0.378. The lowest BCUT2D eigenvalue weighted by Gasteiger charge is -2.14. The monoisotopic (exact) mass is 378 g/mol. The molecule has 0 saturated carbocycles. The average molecular weight is 378 g/mol. The Balaban J connectivity index is 1.35. The largest absolute Gasteiger partial charge is 0.439 e. The van der Waals surface area contributed by atoms with Crippen molar-refractivity contribution < 1.29 is 23.9 Å². The number of carbonyl (C=O) groups excluding carboxylic acids is 3. The van der Waals surface area contributed by atoms with E-state index >= 15 is 0 Å². The number of amides is 2. The van der Waals surface area contributed by atoms with Crippen molar-refractivity contribution in [3.8, 4) is 17.4 Å². The van der Waals surface area contributed by atoms with Crippen molar-refractivity contribution in [1.29, 1.82) is 0 Å². The van der Waals surface area contributed by atoms with E-state index in [2.05, 4.69) is 4.98 Å². The van der Waals surface area contributed by atoms with Gasteiger partial charge in [-0.15, -0.1) is 0 Å². The van der Waals surface area contributed by atoms with Crippen molar-refractivity contribution in [3.63, 3.8) is 0 Å². The molecule has 0 bridgehead atoms. The summed E-state index contributed by atoms with van der Waals surface area (Å²) in [6.07, 6.45) is 6.52. The van der Waals surface area contributed by atoms with Gasteiger partial charge in [0, 0.05) is 12.3 Å². The summed E-state index contributed by atoms with van der Waals surface area (Å²) >= 11 is 0. The van der Waals surface area contributed by atoms with E-state index < -0.39 is 5.97 Å². The average Bonchev–Trinajstić information content (AvgIpc) is 2.95. The van der Waals surface area contributed by atoms with Gasteiger partial charge in [-0.3, -0.25) is 14.5 Å². The number of benzene rings is 1. The maximum absolute atomic E-state index is 12.4. The first kappa shape index (κ1) is 17.9. The number of hydrogen-bond donors (Lipinski definition) is 0. The fourth-order valence-corrected chi connectivity index (χ4v) is 3.42. The molecule has 142 valence electrons. The number of rotatable bonds is 5. The number of ether oxygens (including phenoxy) is 2. The number of carbonyl (C=O) groups is 3. The Morgan fingerprint density at radius 1 is 0.964 bits per heavy atom. The molecule has 1 aliphatic carbocycles. The van der Waals surface area contributed by atoms with Crippen LogP contribution in [0.4, 0.5) is 0 Å². The van der Waals surface area contributed by atoms with Crippen molar-refractivity contribution in [3.05, 3.63) is 60.8 Å². The summed E-state index contributed by atoms with van der Waals surface area (Å²) in [6, 6.07) is 11.8. The Morgan fingerprint density at radius 3 is 2.21 bits per heavy atom. The van der Waals surface area contributed by atoms with Gasteiger partial charge in [-0.1, -0.05) is 18.2 Å². The molecule has 2 aromatic rings. The molecule has 7 heteroatoms. The number of likely N-dealkylation sites (tertiary alicyclic amines) is 1. The van der Waals surface area contributed by atoms with Crippen molar-refractivity contribution >= 4 is 17.8 Å². The Bertz CT molecular complexity index is 898. The molecule has 1 saturated heterocycles. The summed E-state index contributed by atoms with van der Waals surface area (Å²) in [5.74, 6) is -0.662. The Labute approximate surface area is 161 Å². The van der Waals surface area contributed by atoms with E-state index in [0.29, 0.717) is 30.2 Å². The highest BCUT2D eigenvalue weighted by Gasteiger charge is 2.47. The van der Waals surface area contributed by atoms with Crippen LogP contribution in [0, 0.1) is 11.8 Å². The maximum atomic E-state index is 12.4. The van der Waals surface area contributed by atoms with Crippen LogP contribution in [0.25, 0.3) is 0 Å². The van der Waals surface area contributed by atoms with Crippen molar-refractivity contribution in [2.45, 2.75) is 12.8 Å². The zero-order valence-electron chi connectivity index (χ0n) is 15.0. The first-order chi connectivity index (χ1) is 13.6. The minimum Gasteiger partial charge on any atom is -0.439 e. The zero-order chi connectivity index (χ0) is 19.5. The van der Waals surface area contributed by atoms with Crippen LogP contribution in [0.3, 0.4) is 0 Å². The predicted octanol–water partition coefficient (Wildman–Crippen LogP) is 2.73. The Morgan fingerprint density at radius 2 is 1.61 bits per heavy atom. The molecule has 1 fully saturated rings. The number of aromatic nitrogens is 1. The lowest BCUT2D eigenvalue weighted by atomic mass is 9.85. The smallest absolute Gasteiger partial charge is 0.331 e. The molecule has 1 aromatic heterocycles. The van der Waals surface area contributed by atoms with Gasteiger partial charge >= 0.3 is 5.97 Å². The summed E-state index contributed by atoms with van der Waals surface area (Å²) < 4.78 is 10.8. The molecule has 1 aromatic carbocycles. The third-order valence-corrected chi connectivity index (χ3v) is 4.80. The highest BCUT2D eigenvalue weighted by atomic mass is 16.5. The second-order valence-electron chi connectivity index (χ2n) is 6.63. The third-order valence-electron chi connectivity index (χ3n) is 4.80. The van der Waals surface area contributed by atoms with Gasteiger partial charge in [0.25, 0.3) is 0 Å².